The number of carbonyl (C=O) groups excluding carboxylic acids is 2. The van der Waals surface area contributed by atoms with Gasteiger partial charge in [-0.25, -0.2) is 0 Å². The molecule has 2 amide bonds. The van der Waals surface area contributed by atoms with Crippen molar-refractivity contribution in [3.05, 3.63) is 0 Å². The van der Waals surface area contributed by atoms with Crippen LogP contribution in [-0.2, 0) is 9.59 Å². The van der Waals surface area contributed by atoms with Gasteiger partial charge in [0.15, 0.2) is 0 Å². The third-order valence-corrected chi connectivity index (χ3v) is 3.78. The molecule has 0 aromatic carbocycles. The van der Waals surface area contributed by atoms with Gasteiger partial charge in [0.05, 0.1) is 5.92 Å². The molecular weight excluding hydrogens is 218 g/mol. The molecule has 3 atom stereocenters. The van der Waals surface area contributed by atoms with Crippen LogP contribution in [0.5, 0.6) is 0 Å². The largest absolute Gasteiger partial charge is 0.344 e. The zero-order valence-electron chi connectivity index (χ0n) is 10.5. The summed E-state index contributed by atoms with van der Waals surface area (Å²) in [5.41, 5.74) is 0. The lowest BCUT2D eigenvalue weighted by Gasteiger charge is -2.27. The van der Waals surface area contributed by atoms with Crippen LogP contribution in [-0.4, -0.2) is 48.9 Å². The normalized spacial score (nSPS) is 33.9. The summed E-state index contributed by atoms with van der Waals surface area (Å²) in [6, 6.07) is 0.199. The summed E-state index contributed by atoms with van der Waals surface area (Å²) in [4.78, 5) is 25.3. The first kappa shape index (κ1) is 12.4. The van der Waals surface area contributed by atoms with Crippen molar-refractivity contribution in [2.24, 2.45) is 5.92 Å². The van der Waals surface area contributed by atoms with Crippen molar-refractivity contribution in [3.8, 4) is 0 Å². The first-order chi connectivity index (χ1) is 8.08. The Morgan fingerprint density at radius 2 is 2.18 bits per heavy atom. The van der Waals surface area contributed by atoms with Gasteiger partial charge >= 0.3 is 0 Å². The predicted octanol–water partition coefficient (Wildman–Crippen LogP) is -0.279. The molecule has 2 aliphatic heterocycles. The van der Waals surface area contributed by atoms with Crippen molar-refractivity contribution >= 4 is 11.8 Å². The van der Waals surface area contributed by atoms with Crippen LogP contribution in [0.15, 0.2) is 0 Å². The minimum absolute atomic E-state index is 0.0184. The zero-order valence-corrected chi connectivity index (χ0v) is 10.5. The van der Waals surface area contributed by atoms with E-state index >= 15 is 0 Å². The summed E-state index contributed by atoms with van der Waals surface area (Å²) >= 11 is 0. The van der Waals surface area contributed by atoms with Gasteiger partial charge in [0.25, 0.3) is 0 Å². The van der Waals surface area contributed by atoms with Crippen LogP contribution < -0.4 is 10.6 Å². The van der Waals surface area contributed by atoms with E-state index in [9.17, 15) is 9.59 Å². The Bertz CT molecular complexity index is 311. The summed E-state index contributed by atoms with van der Waals surface area (Å²) in [6.45, 7) is 3.59. The van der Waals surface area contributed by atoms with Crippen molar-refractivity contribution in [2.75, 3.05) is 20.1 Å². The molecule has 3 unspecified atom stereocenters. The Balaban J connectivity index is 1.83. The molecule has 0 aromatic rings. The number of likely N-dealkylation sites (tertiary alicyclic amines) is 1. The summed E-state index contributed by atoms with van der Waals surface area (Å²) in [6.07, 6.45) is 2.67. The highest BCUT2D eigenvalue weighted by Gasteiger charge is 2.32. The quantitative estimate of drug-likeness (QED) is 0.697. The number of hydrogen-bond donors (Lipinski definition) is 2. The number of hydrogen-bond acceptors (Lipinski definition) is 3. The molecule has 2 saturated heterocycles. The maximum absolute atomic E-state index is 12.0. The second kappa shape index (κ2) is 5.04. The minimum atomic E-state index is -0.299. The second-order valence-corrected chi connectivity index (χ2v) is 5.19. The Morgan fingerprint density at radius 3 is 2.71 bits per heavy atom. The highest BCUT2D eigenvalue weighted by molar-refractivity contribution is 5.89. The number of rotatable bonds is 2. The van der Waals surface area contributed by atoms with Crippen LogP contribution in [0.1, 0.15) is 26.2 Å². The van der Waals surface area contributed by atoms with E-state index in [1.54, 1.807) is 11.9 Å². The molecule has 0 aliphatic carbocycles. The summed E-state index contributed by atoms with van der Waals surface area (Å²) in [5, 5.41) is 6.18. The van der Waals surface area contributed by atoms with E-state index in [0.717, 1.165) is 32.4 Å². The molecule has 0 aromatic heterocycles. The van der Waals surface area contributed by atoms with Crippen LogP contribution in [0, 0.1) is 5.92 Å². The number of amides is 2. The van der Waals surface area contributed by atoms with E-state index in [2.05, 4.69) is 17.6 Å². The van der Waals surface area contributed by atoms with E-state index < -0.39 is 0 Å². The number of nitrogens with zero attached hydrogens (tertiary/aromatic N) is 1. The van der Waals surface area contributed by atoms with Crippen LogP contribution in [0.4, 0.5) is 0 Å². The molecule has 2 rings (SSSR count). The topological polar surface area (TPSA) is 61.4 Å². The van der Waals surface area contributed by atoms with Crippen molar-refractivity contribution < 1.29 is 9.59 Å². The van der Waals surface area contributed by atoms with Gasteiger partial charge in [0.2, 0.25) is 11.8 Å². The van der Waals surface area contributed by atoms with Gasteiger partial charge in [0.1, 0.15) is 6.04 Å². The average Bonchev–Trinajstić information content (AvgIpc) is 2.62. The van der Waals surface area contributed by atoms with Crippen molar-refractivity contribution in [1.82, 2.24) is 15.5 Å². The van der Waals surface area contributed by atoms with Crippen LogP contribution >= 0.6 is 0 Å². The number of carbonyl (C=O) groups is 2. The maximum Gasteiger partial charge on any atom is 0.244 e. The molecule has 96 valence electrons. The fourth-order valence-electron chi connectivity index (χ4n) is 2.47. The van der Waals surface area contributed by atoms with E-state index in [1.807, 2.05) is 0 Å². The highest BCUT2D eigenvalue weighted by atomic mass is 16.2. The maximum atomic E-state index is 12.0. The van der Waals surface area contributed by atoms with Gasteiger partial charge in [-0.2, -0.15) is 0 Å². The highest BCUT2D eigenvalue weighted by Crippen LogP contribution is 2.16. The van der Waals surface area contributed by atoms with Gasteiger partial charge in [-0.15, -0.1) is 0 Å². The molecule has 0 radical (unpaired) electrons. The molecule has 2 N–H and O–H groups in total. The lowest BCUT2D eigenvalue weighted by atomic mass is 9.94. The predicted molar refractivity (Wildman–Crippen MR) is 64.4 cm³/mol. The van der Waals surface area contributed by atoms with E-state index in [-0.39, 0.29) is 23.8 Å². The molecule has 0 spiro atoms. The monoisotopic (exact) mass is 239 g/mol. The Hall–Kier alpha value is -1.10. The molecule has 5 heteroatoms. The molecular formula is C12H21N3O2. The van der Waals surface area contributed by atoms with E-state index in [4.69, 9.17) is 0 Å². The SMILES string of the molecule is CC1CCC(C(=O)NC2CCN(C)C2=O)CN1. The summed E-state index contributed by atoms with van der Waals surface area (Å²) in [5.74, 6) is 0.0819. The summed E-state index contributed by atoms with van der Waals surface area (Å²) in [7, 11) is 1.78. The molecule has 5 nitrogen and oxygen atoms in total. The molecule has 0 saturated carbocycles. The molecule has 2 aliphatic rings. The van der Waals surface area contributed by atoms with Crippen LogP contribution in [0.3, 0.4) is 0 Å². The van der Waals surface area contributed by atoms with E-state index in [0.29, 0.717) is 6.04 Å². The second-order valence-electron chi connectivity index (χ2n) is 5.19. The van der Waals surface area contributed by atoms with Crippen molar-refractivity contribution in [2.45, 2.75) is 38.3 Å². The lowest BCUT2D eigenvalue weighted by Crippen LogP contribution is -2.48. The van der Waals surface area contributed by atoms with Crippen molar-refractivity contribution in [3.63, 3.8) is 0 Å². The van der Waals surface area contributed by atoms with Gasteiger partial charge in [-0.05, 0) is 26.2 Å². The van der Waals surface area contributed by atoms with Gasteiger partial charge in [0, 0.05) is 26.2 Å². The molecule has 2 fully saturated rings. The fraction of sp³-hybridized carbons (Fsp3) is 0.833. The fourth-order valence-corrected chi connectivity index (χ4v) is 2.47. The molecule has 2 heterocycles. The first-order valence-electron chi connectivity index (χ1n) is 6.36. The van der Waals surface area contributed by atoms with E-state index in [1.165, 1.54) is 0 Å². The zero-order chi connectivity index (χ0) is 12.4. The van der Waals surface area contributed by atoms with Crippen molar-refractivity contribution in [1.29, 1.82) is 0 Å². The average molecular weight is 239 g/mol. The molecule has 0 bridgehead atoms. The first-order valence-corrected chi connectivity index (χ1v) is 6.36. The van der Waals surface area contributed by atoms with Gasteiger partial charge < -0.3 is 15.5 Å². The Morgan fingerprint density at radius 1 is 1.41 bits per heavy atom. The number of nitrogens with one attached hydrogen (secondary N) is 2. The Kier molecular flexibility index (Phi) is 3.66. The Labute approximate surface area is 102 Å². The number of likely N-dealkylation sites (N-methyl/N-ethyl adjacent to an activating group) is 1. The third-order valence-electron chi connectivity index (χ3n) is 3.78. The van der Waals surface area contributed by atoms with Gasteiger partial charge in [-0.3, -0.25) is 9.59 Å². The standard InChI is InChI=1S/C12H21N3O2/c1-8-3-4-9(7-13-8)11(16)14-10-5-6-15(2)12(10)17/h8-10,13H,3-7H2,1-2H3,(H,14,16). The van der Waals surface area contributed by atoms with Crippen LogP contribution in [0.25, 0.3) is 0 Å². The van der Waals surface area contributed by atoms with Gasteiger partial charge in [-0.1, -0.05) is 0 Å². The summed E-state index contributed by atoms with van der Waals surface area (Å²) < 4.78 is 0. The molecule has 17 heavy (non-hydrogen) atoms. The lowest BCUT2D eigenvalue weighted by molar-refractivity contribution is -0.133. The minimum Gasteiger partial charge on any atom is -0.344 e. The van der Waals surface area contributed by atoms with Crippen LogP contribution in [0.2, 0.25) is 0 Å². The number of piperidine rings is 1. The third kappa shape index (κ3) is 2.77. The smallest absolute Gasteiger partial charge is 0.244 e.